The van der Waals surface area contributed by atoms with E-state index in [-0.39, 0.29) is 11.8 Å². The van der Waals surface area contributed by atoms with E-state index in [1.165, 1.54) is 0 Å². The van der Waals surface area contributed by atoms with Crippen LogP contribution in [0, 0.1) is 0 Å². The van der Waals surface area contributed by atoms with Gasteiger partial charge in [-0.15, -0.1) is 0 Å². The molecule has 23 heavy (non-hydrogen) atoms. The second-order valence-corrected chi connectivity index (χ2v) is 6.30. The summed E-state index contributed by atoms with van der Waals surface area (Å²) < 4.78 is 0. The van der Waals surface area contributed by atoms with E-state index in [1.807, 2.05) is 36.1 Å². The van der Waals surface area contributed by atoms with Crippen molar-refractivity contribution in [3.05, 3.63) is 35.4 Å². The standard InChI is InChI=1S/C18H27N3O2/c1-4-21(17(22)12-16-6-5-11-19-16)13-14-7-9-15(10-8-14)18(23)20(2)3/h7-10,16,19H,4-6,11-13H2,1-3H3. The molecule has 2 rings (SSSR count). The van der Waals surface area contributed by atoms with Gasteiger partial charge in [0.2, 0.25) is 5.91 Å². The van der Waals surface area contributed by atoms with Crippen molar-refractivity contribution in [2.75, 3.05) is 27.2 Å². The van der Waals surface area contributed by atoms with Crippen LogP contribution in [0.5, 0.6) is 0 Å². The Bertz CT molecular complexity index is 534. The SMILES string of the molecule is CCN(Cc1ccc(C(=O)N(C)C)cc1)C(=O)CC1CCCN1. The maximum atomic E-state index is 12.4. The number of carbonyl (C=O) groups excluding carboxylic acids is 2. The molecule has 1 N–H and O–H groups in total. The normalized spacial score (nSPS) is 17.1. The van der Waals surface area contributed by atoms with Crippen LogP contribution in [0.2, 0.25) is 0 Å². The molecule has 5 heteroatoms. The largest absolute Gasteiger partial charge is 0.345 e. The highest BCUT2D eigenvalue weighted by molar-refractivity contribution is 5.93. The van der Waals surface area contributed by atoms with E-state index in [2.05, 4.69) is 5.32 Å². The van der Waals surface area contributed by atoms with Gasteiger partial charge in [-0.3, -0.25) is 9.59 Å². The quantitative estimate of drug-likeness (QED) is 0.871. The van der Waals surface area contributed by atoms with Gasteiger partial charge in [0.15, 0.2) is 0 Å². The number of hydrogen-bond acceptors (Lipinski definition) is 3. The van der Waals surface area contributed by atoms with Gasteiger partial charge in [0, 0.05) is 45.2 Å². The molecular formula is C18H27N3O2. The summed E-state index contributed by atoms with van der Waals surface area (Å²) in [6, 6.07) is 7.85. The first-order chi connectivity index (χ1) is 11.0. The van der Waals surface area contributed by atoms with E-state index in [0.717, 1.165) is 24.9 Å². The maximum absolute atomic E-state index is 12.4. The van der Waals surface area contributed by atoms with Gasteiger partial charge in [-0.1, -0.05) is 12.1 Å². The van der Waals surface area contributed by atoms with E-state index in [0.29, 0.717) is 31.1 Å². The molecule has 0 saturated carbocycles. The van der Waals surface area contributed by atoms with Crippen molar-refractivity contribution in [3.8, 4) is 0 Å². The van der Waals surface area contributed by atoms with E-state index in [4.69, 9.17) is 0 Å². The molecule has 2 amide bonds. The molecule has 5 nitrogen and oxygen atoms in total. The van der Waals surface area contributed by atoms with Crippen molar-refractivity contribution >= 4 is 11.8 Å². The number of nitrogens with one attached hydrogen (secondary N) is 1. The molecule has 1 aromatic carbocycles. The Balaban J connectivity index is 1.95. The van der Waals surface area contributed by atoms with Crippen molar-refractivity contribution in [2.24, 2.45) is 0 Å². The highest BCUT2D eigenvalue weighted by Gasteiger charge is 2.21. The number of hydrogen-bond donors (Lipinski definition) is 1. The van der Waals surface area contributed by atoms with E-state index in [9.17, 15) is 9.59 Å². The number of benzene rings is 1. The Hall–Kier alpha value is -1.88. The van der Waals surface area contributed by atoms with Crippen LogP contribution in [0.1, 0.15) is 42.1 Å². The molecule has 1 aliphatic rings. The van der Waals surface area contributed by atoms with Crippen LogP contribution in [0.15, 0.2) is 24.3 Å². The van der Waals surface area contributed by atoms with Crippen LogP contribution in [0.4, 0.5) is 0 Å². The molecule has 1 atom stereocenters. The van der Waals surface area contributed by atoms with Crippen LogP contribution >= 0.6 is 0 Å². The van der Waals surface area contributed by atoms with Crippen molar-refractivity contribution in [3.63, 3.8) is 0 Å². The number of nitrogens with zero attached hydrogens (tertiary/aromatic N) is 2. The van der Waals surface area contributed by atoms with Crippen LogP contribution in [-0.4, -0.2) is 54.8 Å². The van der Waals surface area contributed by atoms with Crippen LogP contribution in [-0.2, 0) is 11.3 Å². The molecule has 1 saturated heterocycles. The second kappa shape index (κ2) is 8.11. The lowest BCUT2D eigenvalue weighted by atomic mass is 10.1. The summed E-state index contributed by atoms with van der Waals surface area (Å²) in [5.41, 5.74) is 1.72. The Morgan fingerprint density at radius 1 is 1.22 bits per heavy atom. The van der Waals surface area contributed by atoms with Gasteiger partial charge in [0.05, 0.1) is 0 Å². The lowest BCUT2D eigenvalue weighted by Gasteiger charge is -2.23. The molecule has 0 bridgehead atoms. The zero-order valence-electron chi connectivity index (χ0n) is 14.3. The summed E-state index contributed by atoms with van der Waals surface area (Å²) in [5.74, 6) is 0.188. The van der Waals surface area contributed by atoms with Gasteiger partial charge in [-0.2, -0.15) is 0 Å². The predicted octanol–water partition coefficient (Wildman–Crippen LogP) is 1.88. The van der Waals surface area contributed by atoms with Gasteiger partial charge in [0.1, 0.15) is 0 Å². The fourth-order valence-corrected chi connectivity index (χ4v) is 2.88. The average molecular weight is 317 g/mol. The molecule has 1 fully saturated rings. The van der Waals surface area contributed by atoms with Gasteiger partial charge in [-0.25, -0.2) is 0 Å². The summed E-state index contributed by atoms with van der Waals surface area (Å²) in [6.07, 6.45) is 2.82. The average Bonchev–Trinajstić information content (AvgIpc) is 3.05. The third-order valence-electron chi connectivity index (χ3n) is 4.30. The van der Waals surface area contributed by atoms with E-state index >= 15 is 0 Å². The molecule has 1 heterocycles. The molecule has 0 aromatic heterocycles. The molecule has 0 aliphatic carbocycles. The molecule has 126 valence electrons. The van der Waals surface area contributed by atoms with Crippen LogP contribution in [0.25, 0.3) is 0 Å². The first-order valence-corrected chi connectivity index (χ1v) is 8.33. The number of amides is 2. The summed E-state index contributed by atoms with van der Waals surface area (Å²) in [7, 11) is 3.48. The lowest BCUT2D eigenvalue weighted by Crippen LogP contribution is -2.35. The van der Waals surface area contributed by atoms with E-state index < -0.39 is 0 Å². The van der Waals surface area contributed by atoms with Gasteiger partial charge in [0.25, 0.3) is 5.91 Å². The summed E-state index contributed by atoms with van der Waals surface area (Å²) in [5, 5.41) is 3.37. The van der Waals surface area contributed by atoms with Gasteiger partial charge >= 0.3 is 0 Å². The summed E-state index contributed by atoms with van der Waals surface area (Å²) in [4.78, 5) is 27.8. The minimum absolute atomic E-state index is 0.00715. The van der Waals surface area contributed by atoms with Crippen molar-refractivity contribution in [1.82, 2.24) is 15.1 Å². The molecule has 1 aromatic rings. The zero-order chi connectivity index (χ0) is 16.8. The fraction of sp³-hybridized carbons (Fsp3) is 0.556. The highest BCUT2D eigenvalue weighted by atomic mass is 16.2. The molecule has 0 radical (unpaired) electrons. The minimum Gasteiger partial charge on any atom is -0.345 e. The Morgan fingerprint density at radius 2 is 1.91 bits per heavy atom. The summed E-state index contributed by atoms with van der Waals surface area (Å²) in [6.45, 7) is 4.32. The van der Waals surface area contributed by atoms with Crippen molar-refractivity contribution in [2.45, 2.75) is 38.8 Å². The first kappa shape index (κ1) is 17.5. The molecule has 0 spiro atoms. The molecule has 1 unspecified atom stereocenters. The number of carbonyl (C=O) groups is 2. The predicted molar refractivity (Wildman–Crippen MR) is 91.2 cm³/mol. The smallest absolute Gasteiger partial charge is 0.253 e. The minimum atomic E-state index is -0.00715. The third-order valence-corrected chi connectivity index (χ3v) is 4.30. The van der Waals surface area contributed by atoms with Gasteiger partial charge < -0.3 is 15.1 Å². The lowest BCUT2D eigenvalue weighted by molar-refractivity contribution is -0.132. The van der Waals surface area contributed by atoms with Gasteiger partial charge in [-0.05, 0) is 44.0 Å². The van der Waals surface area contributed by atoms with Crippen LogP contribution < -0.4 is 5.32 Å². The Labute approximate surface area is 138 Å². The monoisotopic (exact) mass is 317 g/mol. The third kappa shape index (κ3) is 4.79. The fourth-order valence-electron chi connectivity index (χ4n) is 2.88. The Kier molecular flexibility index (Phi) is 6.16. The second-order valence-electron chi connectivity index (χ2n) is 6.30. The zero-order valence-corrected chi connectivity index (χ0v) is 14.3. The number of rotatable bonds is 6. The highest BCUT2D eigenvalue weighted by Crippen LogP contribution is 2.13. The topological polar surface area (TPSA) is 52.7 Å². The summed E-state index contributed by atoms with van der Waals surface area (Å²) >= 11 is 0. The van der Waals surface area contributed by atoms with Crippen molar-refractivity contribution in [1.29, 1.82) is 0 Å². The molecule has 1 aliphatic heterocycles. The van der Waals surface area contributed by atoms with Crippen LogP contribution in [0.3, 0.4) is 0 Å². The Morgan fingerprint density at radius 3 is 2.43 bits per heavy atom. The first-order valence-electron chi connectivity index (χ1n) is 8.33. The van der Waals surface area contributed by atoms with E-state index in [1.54, 1.807) is 19.0 Å². The maximum Gasteiger partial charge on any atom is 0.253 e. The molecular weight excluding hydrogens is 290 g/mol. The van der Waals surface area contributed by atoms with Crippen molar-refractivity contribution < 1.29 is 9.59 Å².